The Labute approximate surface area is 73.8 Å². The Kier molecular flexibility index (Phi) is 2.03. The average molecular weight is 164 g/mol. The number of ketones is 1. The Balaban J connectivity index is 2.01. The molecule has 0 aliphatic heterocycles. The second-order valence-corrected chi connectivity index (χ2v) is 4.12. The summed E-state index contributed by atoms with van der Waals surface area (Å²) < 4.78 is 0. The van der Waals surface area contributed by atoms with Crippen molar-refractivity contribution in [2.45, 2.75) is 39.0 Å². The lowest BCUT2D eigenvalue weighted by Crippen LogP contribution is -2.36. The van der Waals surface area contributed by atoms with Gasteiger partial charge in [-0.25, -0.2) is 0 Å². The van der Waals surface area contributed by atoms with E-state index < -0.39 is 0 Å². The highest BCUT2D eigenvalue weighted by atomic mass is 16.1. The fourth-order valence-electron chi connectivity index (χ4n) is 2.28. The zero-order valence-corrected chi connectivity index (χ0v) is 7.68. The van der Waals surface area contributed by atoms with E-state index in [1.54, 1.807) is 0 Å². The molecular formula is C11H16O. The van der Waals surface area contributed by atoms with Gasteiger partial charge in [-0.2, -0.15) is 0 Å². The fourth-order valence-corrected chi connectivity index (χ4v) is 2.28. The number of rotatable bonds is 1. The van der Waals surface area contributed by atoms with Gasteiger partial charge in [0, 0.05) is 11.8 Å². The van der Waals surface area contributed by atoms with Crippen LogP contribution in [0.15, 0.2) is 11.6 Å². The first-order valence-corrected chi connectivity index (χ1v) is 5.01. The molecule has 1 nitrogen and oxygen atoms in total. The molecule has 2 rings (SSSR count). The lowest BCUT2D eigenvalue weighted by atomic mass is 9.69. The van der Waals surface area contributed by atoms with Crippen molar-refractivity contribution in [2.75, 3.05) is 0 Å². The number of Topliss-reactive ketones (excluding diaryl/α,β-unsaturated/α-hetero) is 1. The highest BCUT2D eigenvalue weighted by Crippen LogP contribution is 2.38. The molecular weight excluding hydrogens is 148 g/mol. The molecule has 2 unspecified atom stereocenters. The SMILES string of the molecule is CC1CC(C2=CCCCC2)C1=O. The van der Waals surface area contributed by atoms with Crippen LogP contribution in [0.5, 0.6) is 0 Å². The van der Waals surface area contributed by atoms with Gasteiger partial charge in [0.15, 0.2) is 0 Å². The fraction of sp³-hybridized carbons (Fsp3) is 0.727. The van der Waals surface area contributed by atoms with E-state index in [4.69, 9.17) is 0 Å². The van der Waals surface area contributed by atoms with Crippen LogP contribution >= 0.6 is 0 Å². The van der Waals surface area contributed by atoms with Gasteiger partial charge in [0.05, 0.1) is 0 Å². The first kappa shape index (κ1) is 8.03. The van der Waals surface area contributed by atoms with Gasteiger partial charge in [0.25, 0.3) is 0 Å². The summed E-state index contributed by atoms with van der Waals surface area (Å²) in [7, 11) is 0. The molecule has 0 N–H and O–H groups in total. The molecule has 0 spiro atoms. The third kappa shape index (κ3) is 1.21. The molecule has 1 saturated carbocycles. The number of hydrogen-bond donors (Lipinski definition) is 0. The number of carbonyl (C=O) groups excluding carboxylic acids is 1. The molecule has 2 aliphatic carbocycles. The molecule has 1 heteroatoms. The molecule has 2 atom stereocenters. The molecule has 0 radical (unpaired) electrons. The predicted molar refractivity (Wildman–Crippen MR) is 48.8 cm³/mol. The highest BCUT2D eigenvalue weighted by molar-refractivity contribution is 5.91. The Hall–Kier alpha value is -0.590. The standard InChI is InChI=1S/C11H16O/c1-8-7-10(11(8)12)9-5-3-2-4-6-9/h5,8,10H,2-4,6-7H2,1H3. The summed E-state index contributed by atoms with van der Waals surface area (Å²) in [6.45, 7) is 2.04. The van der Waals surface area contributed by atoms with Crippen molar-refractivity contribution in [3.63, 3.8) is 0 Å². The van der Waals surface area contributed by atoms with Crippen LogP contribution in [0, 0.1) is 11.8 Å². The predicted octanol–water partition coefficient (Wildman–Crippen LogP) is 2.71. The van der Waals surface area contributed by atoms with Crippen molar-refractivity contribution in [2.24, 2.45) is 11.8 Å². The smallest absolute Gasteiger partial charge is 0.142 e. The Morgan fingerprint density at radius 3 is 2.75 bits per heavy atom. The van der Waals surface area contributed by atoms with E-state index in [1.165, 1.54) is 31.3 Å². The van der Waals surface area contributed by atoms with Crippen LogP contribution in [0.25, 0.3) is 0 Å². The van der Waals surface area contributed by atoms with Gasteiger partial charge in [-0.1, -0.05) is 18.6 Å². The van der Waals surface area contributed by atoms with Gasteiger partial charge in [-0.15, -0.1) is 0 Å². The van der Waals surface area contributed by atoms with Crippen molar-refractivity contribution in [3.05, 3.63) is 11.6 Å². The molecule has 0 amide bonds. The molecule has 0 saturated heterocycles. The summed E-state index contributed by atoms with van der Waals surface area (Å²) in [4.78, 5) is 11.4. The maximum atomic E-state index is 11.4. The van der Waals surface area contributed by atoms with Gasteiger partial charge in [-0.05, 0) is 32.1 Å². The maximum Gasteiger partial charge on any atom is 0.142 e. The van der Waals surface area contributed by atoms with Crippen molar-refractivity contribution >= 4 is 5.78 Å². The quantitative estimate of drug-likeness (QED) is 0.544. The molecule has 0 aromatic heterocycles. The molecule has 66 valence electrons. The third-order valence-corrected chi connectivity index (χ3v) is 3.19. The van der Waals surface area contributed by atoms with Crippen LogP contribution in [0.2, 0.25) is 0 Å². The van der Waals surface area contributed by atoms with E-state index in [0.29, 0.717) is 17.6 Å². The van der Waals surface area contributed by atoms with Crippen molar-refractivity contribution in [1.29, 1.82) is 0 Å². The number of hydrogen-bond acceptors (Lipinski definition) is 1. The van der Waals surface area contributed by atoms with Crippen molar-refractivity contribution in [1.82, 2.24) is 0 Å². The summed E-state index contributed by atoms with van der Waals surface area (Å²) in [5.74, 6) is 1.17. The summed E-state index contributed by atoms with van der Waals surface area (Å²) in [5.41, 5.74) is 1.45. The van der Waals surface area contributed by atoms with E-state index in [9.17, 15) is 4.79 Å². The molecule has 2 aliphatic rings. The van der Waals surface area contributed by atoms with Gasteiger partial charge in [0.1, 0.15) is 5.78 Å². The summed E-state index contributed by atoms with van der Waals surface area (Å²) in [6.07, 6.45) is 8.42. The van der Waals surface area contributed by atoms with Crippen LogP contribution in [-0.2, 0) is 4.79 Å². The lowest BCUT2D eigenvalue weighted by molar-refractivity contribution is -0.133. The Bertz CT molecular complexity index is 227. The van der Waals surface area contributed by atoms with E-state index in [2.05, 4.69) is 6.08 Å². The normalized spacial score (nSPS) is 35.8. The lowest BCUT2D eigenvalue weighted by Gasteiger charge is -2.34. The monoisotopic (exact) mass is 164 g/mol. The van der Waals surface area contributed by atoms with Crippen molar-refractivity contribution in [3.8, 4) is 0 Å². The van der Waals surface area contributed by atoms with Gasteiger partial charge in [0.2, 0.25) is 0 Å². The minimum Gasteiger partial charge on any atom is -0.299 e. The van der Waals surface area contributed by atoms with Gasteiger partial charge >= 0.3 is 0 Å². The number of carbonyl (C=O) groups is 1. The highest BCUT2D eigenvalue weighted by Gasteiger charge is 2.37. The first-order valence-electron chi connectivity index (χ1n) is 5.01. The summed E-state index contributed by atoms with van der Waals surface area (Å²) in [6, 6.07) is 0. The molecule has 0 aromatic rings. The topological polar surface area (TPSA) is 17.1 Å². The minimum absolute atomic E-state index is 0.334. The van der Waals surface area contributed by atoms with E-state index in [0.717, 1.165) is 6.42 Å². The molecule has 1 fully saturated rings. The van der Waals surface area contributed by atoms with Gasteiger partial charge < -0.3 is 0 Å². The van der Waals surface area contributed by atoms with Crippen LogP contribution in [0.3, 0.4) is 0 Å². The second kappa shape index (κ2) is 3.04. The average Bonchev–Trinajstić information content (AvgIpc) is 2.15. The largest absolute Gasteiger partial charge is 0.299 e. The van der Waals surface area contributed by atoms with Crippen LogP contribution in [0.1, 0.15) is 39.0 Å². The summed E-state index contributed by atoms with van der Waals surface area (Å²) >= 11 is 0. The zero-order valence-electron chi connectivity index (χ0n) is 7.68. The molecule has 0 heterocycles. The van der Waals surface area contributed by atoms with Crippen LogP contribution in [-0.4, -0.2) is 5.78 Å². The van der Waals surface area contributed by atoms with E-state index >= 15 is 0 Å². The maximum absolute atomic E-state index is 11.4. The molecule has 12 heavy (non-hydrogen) atoms. The minimum atomic E-state index is 0.334. The molecule has 0 bridgehead atoms. The molecule has 0 aromatic carbocycles. The van der Waals surface area contributed by atoms with Gasteiger partial charge in [-0.3, -0.25) is 4.79 Å². The third-order valence-electron chi connectivity index (χ3n) is 3.19. The number of allylic oxidation sites excluding steroid dienone is 2. The summed E-state index contributed by atoms with van der Waals surface area (Å²) in [5, 5.41) is 0. The Morgan fingerprint density at radius 1 is 1.42 bits per heavy atom. The second-order valence-electron chi connectivity index (χ2n) is 4.12. The Morgan fingerprint density at radius 2 is 2.25 bits per heavy atom. The van der Waals surface area contributed by atoms with Crippen LogP contribution in [0.4, 0.5) is 0 Å². The van der Waals surface area contributed by atoms with Crippen molar-refractivity contribution < 1.29 is 4.79 Å². The first-order chi connectivity index (χ1) is 5.79. The zero-order chi connectivity index (χ0) is 8.55. The van der Waals surface area contributed by atoms with E-state index in [1.807, 2.05) is 6.92 Å². The van der Waals surface area contributed by atoms with E-state index in [-0.39, 0.29) is 0 Å². The van der Waals surface area contributed by atoms with Crippen LogP contribution < -0.4 is 0 Å².